The Hall–Kier alpha value is -3.29. The predicted molar refractivity (Wildman–Crippen MR) is 133 cm³/mol. The number of hydrogen-bond donors (Lipinski definition) is 0. The molecule has 1 saturated heterocycles. The van der Waals surface area contributed by atoms with Crippen LogP contribution in [0.2, 0.25) is 0 Å². The standard InChI is InChI=1S/C26H25F2N5.ClH/c1-19-21(17-30-33(19)24-10-8-23(28)9-11-24)18-31-13-15-32(16-14-31)25-3-2-12-29-26(25)20-4-6-22(27)7-5-20;/h2-12,17H,13-16,18H2,1H3;1H. The van der Waals surface area contributed by atoms with E-state index in [1.54, 1.807) is 30.5 Å². The first-order valence-electron chi connectivity index (χ1n) is 11.1. The molecule has 5 nitrogen and oxygen atoms in total. The fraction of sp³-hybridized carbons (Fsp3) is 0.231. The minimum absolute atomic E-state index is 0. The van der Waals surface area contributed by atoms with Gasteiger partial charge in [-0.15, -0.1) is 12.4 Å². The lowest BCUT2D eigenvalue weighted by Gasteiger charge is -2.36. The molecule has 0 bridgehead atoms. The van der Waals surface area contributed by atoms with Gasteiger partial charge in [0.15, 0.2) is 0 Å². The van der Waals surface area contributed by atoms with Crippen molar-refractivity contribution in [2.45, 2.75) is 13.5 Å². The molecule has 4 aromatic rings. The zero-order valence-corrected chi connectivity index (χ0v) is 19.7. The van der Waals surface area contributed by atoms with Gasteiger partial charge in [0.2, 0.25) is 0 Å². The molecule has 2 aromatic carbocycles. The number of rotatable bonds is 5. The summed E-state index contributed by atoms with van der Waals surface area (Å²) in [6, 6.07) is 16.9. The maximum Gasteiger partial charge on any atom is 0.123 e. The summed E-state index contributed by atoms with van der Waals surface area (Å²) in [4.78, 5) is 9.34. The van der Waals surface area contributed by atoms with Crippen LogP contribution in [0.25, 0.3) is 16.9 Å². The third kappa shape index (κ3) is 4.95. The Morgan fingerprint density at radius 3 is 2.18 bits per heavy atom. The van der Waals surface area contributed by atoms with E-state index in [2.05, 4.69) is 25.9 Å². The summed E-state index contributed by atoms with van der Waals surface area (Å²) < 4.78 is 28.5. The molecule has 8 heteroatoms. The highest BCUT2D eigenvalue weighted by atomic mass is 35.5. The molecule has 0 amide bonds. The van der Waals surface area contributed by atoms with Crippen LogP contribution < -0.4 is 4.90 Å². The average Bonchev–Trinajstić information content (AvgIpc) is 3.20. The molecule has 1 fully saturated rings. The van der Waals surface area contributed by atoms with Crippen LogP contribution in [0, 0.1) is 18.6 Å². The summed E-state index contributed by atoms with van der Waals surface area (Å²) in [6.45, 7) is 6.46. The molecule has 0 radical (unpaired) electrons. The van der Waals surface area contributed by atoms with Crippen LogP contribution in [0.4, 0.5) is 14.5 Å². The fourth-order valence-corrected chi connectivity index (χ4v) is 4.31. The lowest BCUT2D eigenvalue weighted by Crippen LogP contribution is -2.46. The van der Waals surface area contributed by atoms with Gasteiger partial charge in [-0.05, 0) is 67.6 Å². The van der Waals surface area contributed by atoms with E-state index >= 15 is 0 Å². The van der Waals surface area contributed by atoms with Crippen LogP contribution in [-0.4, -0.2) is 45.8 Å². The lowest BCUT2D eigenvalue weighted by atomic mass is 10.1. The van der Waals surface area contributed by atoms with E-state index in [9.17, 15) is 8.78 Å². The van der Waals surface area contributed by atoms with Gasteiger partial charge in [0, 0.05) is 55.7 Å². The van der Waals surface area contributed by atoms with Gasteiger partial charge in [0.1, 0.15) is 11.6 Å². The van der Waals surface area contributed by atoms with Gasteiger partial charge in [-0.3, -0.25) is 9.88 Å². The number of pyridine rings is 1. The fourth-order valence-electron chi connectivity index (χ4n) is 4.31. The van der Waals surface area contributed by atoms with Gasteiger partial charge < -0.3 is 4.90 Å². The molecule has 0 unspecified atom stereocenters. The number of benzene rings is 2. The van der Waals surface area contributed by atoms with Gasteiger partial charge >= 0.3 is 0 Å². The number of hydrogen-bond acceptors (Lipinski definition) is 4. The highest BCUT2D eigenvalue weighted by molar-refractivity contribution is 5.85. The Morgan fingerprint density at radius 2 is 1.50 bits per heavy atom. The third-order valence-corrected chi connectivity index (χ3v) is 6.19. The molecule has 3 heterocycles. The van der Waals surface area contributed by atoms with E-state index in [4.69, 9.17) is 0 Å². The first-order valence-corrected chi connectivity index (χ1v) is 11.1. The quantitative estimate of drug-likeness (QED) is 0.389. The molecule has 0 aliphatic carbocycles. The summed E-state index contributed by atoms with van der Waals surface area (Å²) in [7, 11) is 0. The van der Waals surface area contributed by atoms with Crippen LogP contribution >= 0.6 is 12.4 Å². The molecule has 1 aliphatic rings. The second kappa shape index (κ2) is 10.3. The van der Waals surface area contributed by atoms with Crippen LogP contribution in [0.3, 0.4) is 0 Å². The molecule has 1 aliphatic heterocycles. The molecular formula is C26H26ClF2N5. The Kier molecular flexibility index (Phi) is 7.24. The zero-order valence-electron chi connectivity index (χ0n) is 18.9. The van der Waals surface area contributed by atoms with Gasteiger partial charge in [-0.1, -0.05) is 0 Å². The predicted octanol–water partition coefficient (Wildman–Crippen LogP) is 5.26. The van der Waals surface area contributed by atoms with Gasteiger partial charge in [-0.2, -0.15) is 5.10 Å². The van der Waals surface area contributed by atoms with E-state index in [-0.39, 0.29) is 24.0 Å². The molecule has 34 heavy (non-hydrogen) atoms. The van der Waals surface area contributed by atoms with E-state index in [1.165, 1.54) is 29.8 Å². The number of piperazine rings is 1. The summed E-state index contributed by atoms with van der Waals surface area (Å²) >= 11 is 0. The number of nitrogens with zero attached hydrogens (tertiary/aromatic N) is 5. The van der Waals surface area contributed by atoms with Crippen molar-refractivity contribution < 1.29 is 8.78 Å². The summed E-state index contributed by atoms with van der Waals surface area (Å²) in [5.41, 5.74) is 5.95. The van der Waals surface area contributed by atoms with Gasteiger partial charge in [0.25, 0.3) is 0 Å². The van der Waals surface area contributed by atoms with Crippen molar-refractivity contribution in [3.8, 4) is 16.9 Å². The van der Waals surface area contributed by atoms with Crippen molar-refractivity contribution in [2.24, 2.45) is 0 Å². The minimum atomic E-state index is -0.252. The molecule has 0 atom stereocenters. The van der Waals surface area contributed by atoms with E-state index in [1.807, 2.05) is 23.9 Å². The smallest absolute Gasteiger partial charge is 0.123 e. The van der Waals surface area contributed by atoms with Crippen molar-refractivity contribution in [1.29, 1.82) is 0 Å². The number of halogens is 3. The Balaban J connectivity index is 0.00000274. The normalized spacial score (nSPS) is 14.1. The van der Waals surface area contributed by atoms with Crippen LogP contribution in [0.1, 0.15) is 11.3 Å². The van der Waals surface area contributed by atoms with E-state index in [0.29, 0.717) is 0 Å². The summed E-state index contributed by atoms with van der Waals surface area (Å²) in [5.74, 6) is -0.499. The topological polar surface area (TPSA) is 37.2 Å². The second-order valence-electron chi connectivity index (χ2n) is 8.28. The third-order valence-electron chi connectivity index (χ3n) is 6.19. The van der Waals surface area contributed by atoms with Crippen LogP contribution in [0.5, 0.6) is 0 Å². The zero-order chi connectivity index (χ0) is 22.8. The molecule has 0 saturated carbocycles. The Morgan fingerprint density at radius 1 is 0.853 bits per heavy atom. The first kappa shape index (κ1) is 23.9. The SMILES string of the molecule is Cc1c(CN2CCN(c3cccnc3-c3ccc(F)cc3)CC2)cnn1-c1ccc(F)cc1.Cl. The Bertz CT molecular complexity index is 1230. The van der Waals surface area contributed by atoms with Crippen molar-refractivity contribution in [3.05, 3.63) is 95.9 Å². The summed E-state index contributed by atoms with van der Waals surface area (Å²) in [5, 5.41) is 4.52. The van der Waals surface area contributed by atoms with Crippen molar-refractivity contribution in [2.75, 3.05) is 31.1 Å². The van der Waals surface area contributed by atoms with Gasteiger partial charge in [-0.25, -0.2) is 13.5 Å². The maximum absolute atomic E-state index is 13.4. The Labute approximate surface area is 204 Å². The maximum atomic E-state index is 13.4. The molecular weight excluding hydrogens is 456 g/mol. The number of aromatic nitrogens is 3. The second-order valence-corrected chi connectivity index (χ2v) is 8.28. The van der Waals surface area contributed by atoms with Crippen LogP contribution in [-0.2, 0) is 6.54 Å². The average molecular weight is 482 g/mol. The molecule has 0 N–H and O–H groups in total. The minimum Gasteiger partial charge on any atom is -0.367 e. The van der Waals surface area contributed by atoms with Crippen molar-refractivity contribution in [3.63, 3.8) is 0 Å². The molecule has 176 valence electrons. The first-order chi connectivity index (χ1) is 16.1. The summed E-state index contributed by atoms with van der Waals surface area (Å²) in [6.07, 6.45) is 3.68. The number of anilines is 1. The largest absolute Gasteiger partial charge is 0.367 e. The highest BCUT2D eigenvalue weighted by Gasteiger charge is 2.21. The molecule has 0 spiro atoms. The van der Waals surface area contributed by atoms with E-state index < -0.39 is 0 Å². The van der Waals surface area contributed by atoms with Crippen LogP contribution in [0.15, 0.2) is 73.1 Å². The van der Waals surface area contributed by atoms with E-state index in [0.717, 1.165) is 61.0 Å². The van der Waals surface area contributed by atoms with Gasteiger partial charge in [0.05, 0.1) is 23.3 Å². The van der Waals surface area contributed by atoms with Crippen molar-refractivity contribution in [1.82, 2.24) is 19.7 Å². The molecule has 2 aromatic heterocycles. The lowest BCUT2D eigenvalue weighted by molar-refractivity contribution is 0.249. The monoisotopic (exact) mass is 481 g/mol. The molecule has 5 rings (SSSR count). The van der Waals surface area contributed by atoms with Crippen molar-refractivity contribution >= 4 is 18.1 Å². The highest BCUT2D eigenvalue weighted by Crippen LogP contribution is 2.29.